The highest BCUT2D eigenvalue weighted by Crippen LogP contribution is 2.31. The molecule has 2 aromatic carbocycles. The average Bonchev–Trinajstić information content (AvgIpc) is 2.60. The first-order chi connectivity index (χ1) is 12.8. The summed E-state index contributed by atoms with van der Waals surface area (Å²) in [5, 5.41) is 19.4. The standard InChI is InChI=1S/C19H13ClN2O5/c20-12-3-1-2-11(8-12)9-4-6-10(7-5-9)13-14(18(24)25)16(21)22-17(23)15(13)19(26)27/h1-8H,(H,24,25)(H,26,27)(H3,21,22,23). The SMILES string of the molecule is Nc1[nH]c(=O)c(C(=O)O)c(-c2ccc(-c3cccc(Cl)c3)cc2)c1C(=O)O. The zero-order valence-electron chi connectivity index (χ0n) is 13.7. The van der Waals surface area contributed by atoms with Crippen molar-refractivity contribution in [1.82, 2.24) is 4.98 Å². The van der Waals surface area contributed by atoms with Gasteiger partial charge in [-0.1, -0.05) is 48.0 Å². The van der Waals surface area contributed by atoms with Crippen LogP contribution in [0.4, 0.5) is 5.82 Å². The summed E-state index contributed by atoms with van der Waals surface area (Å²) in [7, 11) is 0. The number of rotatable bonds is 4. The summed E-state index contributed by atoms with van der Waals surface area (Å²) in [5.74, 6) is -3.40. The normalized spacial score (nSPS) is 10.6. The van der Waals surface area contributed by atoms with E-state index in [-0.39, 0.29) is 11.1 Å². The van der Waals surface area contributed by atoms with E-state index in [1.54, 1.807) is 30.3 Å². The van der Waals surface area contributed by atoms with Crippen LogP contribution in [0, 0.1) is 0 Å². The van der Waals surface area contributed by atoms with Gasteiger partial charge in [0.1, 0.15) is 16.9 Å². The minimum atomic E-state index is -1.55. The van der Waals surface area contributed by atoms with Crippen LogP contribution in [0.25, 0.3) is 22.3 Å². The number of carboxylic acid groups (broad SMARTS) is 2. The molecule has 0 saturated heterocycles. The van der Waals surface area contributed by atoms with E-state index < -0.39 is 34.4 Å². The Bertz CT molecular complexity index is 1120. The van der Waals surface area contributed by atoms with Crippen molar-refractivity contribution in [3.05, 3.63) is 75.0 Å². The van der Waals surface area contributed by atoms with Crippen molar-refractivity contribution in [2.45, 2.75) is 0 Å². The molecule has 5 N–H and O–H groups in total. The van der Waals surface area contributed by atoms with Crippen LogP contribution in [0.15, 0.2) is 53.3 Å². The van der Waals surface area contributed by atoms with E-state index in [9.17, 15) is 24.6 Å². The summed E-state index contributed by atoms with van der Waals surface area (Å²) in [6, 6.07) is 13.5. The number of benzene rings is 2. The molecule has 1 heterocycles. The maximum absolute atomic E-state index is 12.1. The number of H-pyrrole nitrogens is 1. The van der Waals surface area contributed by atoms with Gasteiger partial charge in [-0.25, -0.2) is 9.59 Å². The van der Waals surface area contributed by atoms with Crippen molar-refractivity contribution in [2.75, 3.05) is 5.73 Å². The predicted molar refractivity (Wildman–Crippen MR) is 101 cm³/mol. The molecule has 3 rings (SSSR count). The predicted octanol–water partition coefficient (Wildman–Crippen LogP) is 3.34. The lowest BCUT2D eigenvalue weighted by Gasteiger charge is -2.12. The fraction of sp³-hybridized carbons (Fsp3) is 0. The molecule has 0 aliphatic carbocycles. The lowest BCUT2D eigenvalue weighted by molar-refractivity contribution is 0.0695. The fourth-order valence-electron chi connectivity index (χ4n) is 2.83. The summed E-state index contributed by atoms with van der Waals surface area (Å²) >= 11 is 5.99. The molecule has 0 aliphatic heterocycles. The molecule has 27 heavy (non-hydrogen) atoms. The summed E-state index contributed by atoms with van der Waals surface area (Å²) in [6.07, 6.45) is 0. The van der Waals surface area contributed by atoms with Gasteiger partial charge in [0.2, 0.25) is 0 Å². The Morgan fingerprint density at radius 2 is 1.48 bits per heavy atom. The van der Waals surface area contributed by atoms with Gasteiger partial charge in [-0.05, 0) is 28.8 Å². The molecule has 0 spiro atoms. The zero-order valence-corrected chi connectivity index (χ0v) is 14.4. The number of nitrogens with one attached hydrogen (secondary N) is 1. The van der Waals surface area contributed by atoms with Gasteiger partial charge < -0.3 is 20.9 Å². The van der Waals surface area contributed by atoms with E-state index >= 15 is 0 Å². The minimum absolute atomic E-state index is 0.242. The highest BCUT2D eigenvalue weighted by molar-refractivity contribution is 6.30. The molecular formula is C19H13ClN2O5. The van der Waals surface area contributed by atoms with Crippen LogP contribution in [0.5, 0.6) is 0 Å². The van der Waals surface area contributed by atoms with Crippen LogP contribution in [-0.4, -0.2) is 27.1 Å². The Morgan fingerprint density at radius 3 is 2.04 bits per heavy atom. The monoisotopic (exact) mass is 384 g/mol. The molecule has 0 amide bonds. The first-order valence-electron chi connectivity index (χ1n) is 7.68. The highest BCUT2D eigenvalue weighted by atomic mass is 35.5. The first-order valence-corrected chi connectivity index (χ1v) is 8.06. The maximum Gasteiger partial charge on any atom is 0.342 e. The summed E-state index contributed by atoms with van der Waals surface area (Å²) in [6.45, 7) is 0. The van der Waals surface area contributed by atoms with E-state index in [0.29, 0.717) is 5.02 Å². The Kier molecular flexibility index (Phi) is 4.70. The summed E-state index contributed by atoms with van der Waals surface area (Å²) < 4.78 is 0. The van der Waals surface area contributed by atoms with Crippen molar-refractivity contribution in [3.63, 3.8) is 0 Å². The van der Waals surface area contributed by atoms with Crippen LogP contribution in [-0.2, 0) is 0 Å². The lowest BCUT2D eigenvalue weighted by Crippen LogP contribution is -2.24. The van der Waals surface area contributed by atoms with Crippen molar-refractivity contribution in [1.29, 1.82) is 0 Å². The van der Waals surface area contributed by atoms with Gasteiger partial charge in [0.05, 0.1) is 0 Å². The number of nitrogens with two attached hydrogens (primary N) is 1. The van der Waals surface area contributed by atoms with E-state index in [1.165, 1.54) is 12.1 Å². The molecule has 0 fully saturated rings. The number of pyridine rings is 1. The molecule has 136 valence electrons. The third-order valence-electron chi connectivity index (χ3n) is 4.00. The second kappa shape index (κ2) is 6.97. The Hall–Kier alpha value is -3.58. The van der Waals surface area contributed by atoms with Crippen LogP contribution in [0.3, 0.4) is 0 Å². The molecule has 0 aliphatic rings. The molecule has 1 aromatic heterocycles. The number of aromatic nitrogens is 1. The van der Waals surface area contributed by atoms with Gasteiger partial charge in [0, 0.05) is 10.6 Å². The molecule has 0 bridgehead atoms. The lowest BCUT2D eigenvalue weighted by atomic mass is 9.94. The minimum Gasteiger partial charge on any atom is -0.478 e. The number of carbonyl (C=O) groups is 2. The number of hydrogen-bond donors (Lipinski definition) is 4. The van der Waals surface area contributed by atoms with Crippen molar-refractivity contribution in [3.8, 4) is 22.3 Å². The number of halogens is 1. The average molecular weight is 385 g/mol. The number of aromatic carboxylic acids is 2. The van der Waals surface area contributed by atoms with Crippen LogP contribution < -0.4 is 11.3 Å². The van der Waals surface area contributed by atoms with Crippen molar-refractivity contribution in [2.24, 2.45) is 0 Å². The molecule has 0 radical (unpaired) electrons. The molecule has 0 saturated carbocycles. The van der Waals surface area contributed by atoms with Gasteiger partial charge in [-0.15, -0.1) is 0 Å². The molecule has 7 nitrogen and oxygen atoms in total. The summed E-state index contributed by atoms with van der Waals surface area (Å²) in [5.41, 5.74) is 5.11. The van der Waals surface area contributed by atoms with Gasteiger partial charge in [-0.2, -0.15) is 0 Å². The second-order valence-corrected chi connectivity index (χ2v) is 6.13. The van der Waals surface area contributed by atoms with Crippen LogP contribution in [0.2, 0.25) is 5.02 Å². The molecule has 0 atom stereocenters. The first kappa shape index (κ1) is 18.2. The topological polar surface area (TPSA) is 133 Å². The van der Waals surface area contributed by atoms with E-state index in [1.807, 2.05) is 6.07 Å². The van der Waals surface area contributed by atoms with Crippen molar-refractivity contribution < 1.29 is 19.8 Å². The Balaban J connectivity index is 2.23. The van der Waals surface area contributed by atoms with E-state index in [0.717, 1.165) is 11.1 Å². The highest BCUT2D eigenvalue weighted by Gasteiger charge is 2.26. The number of nitrogen functional groups attached to an aromatic ring is 1. The molecular weight excluding hydrogens is 372 g/mol. The summed E-state index contributed by atoms with van der Waals surface area (Å²) in [4.78, 5) is 37.3. The number of anilines is 1. The van der Waals surface area contributed by atoms with Crippen LogP contribution >= 0.6 is 11.6 Å². The third-order valence-corrected chi connectivity index (χ3v) is 4.24. The molecule has 8 heteroatoms. The van der Waals surface area contributed by atoms with Crippen molar-refractivity contribution >= 4 is 29.4 Å². The number of aromatic amines is 1. The van der Waals surface area contributed by atoms with Gasteiger partial charge in [-0.3, -0.25) is 4.79 Å². The number of hydrogen-bond acceptors (Lipinski definition) is 4. The Labute approximate surface area is 157 Å². The quantitative estimate of drug-likeness (QED) is 0.545. The van der Waals surface area contributed by atoms with Gasteiger partial charge >= 0.3 is 11.9 Å². The fourth-order valence-corrected chi connectivity index (χ4v) is 3.02. The van der Waals surface area contributed by atoms with Gasteiger partial charge in [0.25, 0.3) is 5.56 Å². The van der Waals surface area contributed by atoms with E-state index in [2.05, 4.69) is 4.98 Å². The third kappa shape index (κ3) is 3.40. The Morgan fingerprint density at radius 1 is 0.889 bits per heavy atom. The maximum atomic E-state index is 12.1. The second-order valence-electron chi connectivity index (χ2n) is 5.69. The van der Waals surface area contributed by atoms with E-state index in [4.69, 9.17) is 17.3 Å². The molecule has 0 unspecified atom stereocenters. The largest absolute Gasteiger partial charge is 0.478 e. The van der Waals surface area contributed by atoms with Gasteiger partial charge in [0.15, 0.2) is 0 Å². The van der Waals surface area contributed by atoms with Crippen LogP contribution in [0.1, 0.15) is 20.7 Å². The zero-order chi connectivity index (χ0) is 19.7. The molecule has 3 aromatic rings. The number of carboxylic acids is 2. The smallest absolute Gasteiger partial charge is 0.342 e.